The van der Waals surface area contributed by atoms with Crippen LogP contribution in [0.2, 0.25) is 0 Å². The summed E-state index contributed by atoms with van der Waals surface area (Å²) in [4.78, 5) is 0. The lowest BCUT2D eigenvalue weighted by atomic mass is 10.1. The van der Waals surface area contributed by atoms with Crippen LogP contribution in [0.25, 0.3) is 0 Å². The molecule has 1 saturated heterocycles. The molecule has 1 rings (SSSR count). The lowest BCUT2D eigenvalue weighted by Crippen LogP contribution is -2.28. The summed E-state index contributed by atoms with van der Waals surface area (Å²) >= 11 is 0. The van der Waals surface area contributed by atoms with Crippen molar-refractivity contribution in [2.24, 2.45) is 0 Å². The minimum Gasteiger partial charge on any atom is -0.387 e. The van der Waals surface area contributed by atoms with Crippen LogP contribution < -0.4 is 0 Å². The number of hydrogen-bond donors (Lipinski definition) is 1. The van der Waals surface area contributed by atoms with Crippen LogP contribution in [0.4, 0.5) is 4.39 Å². The Balaban J connectivity index is 2.44. The average molecular weight is 222 g/mol. The first-order valence-electron chi connectivity index (χ1n) is 4.96. The molecular formula is C10H20FO2P. The summed E-state index contributed by atoms with van der Waals surface area (Å²) in [6.45, 7) is 4.83. The largest absolute Gasteiger partial charge is 0.387 e. The van der Waals surface area contributed by atoms with E-state index in [1.807, 2.05) is 0 Å². The molecule has 4 atom stereocenters. The predicted molar refractivity (Wildman–Crippen MR) is 60.6 cm³/mol. The number of halogens is 1. The van der Waals surface area contributed by atoms with E-state index in [1.54, 1.807) is 6.92 Å². The molecule has 14 heavy (non-hydrogen) atoms. The van der Waals surface area contributed by atoms with E-state index in [0.717, 1.165) is 12.6 Å². The summed E-state index contributed by atoms with van der Waals surface area (Å²) in [7, 11) is 0. The Morgan fingerprint density at radius 1 is 1.50 bits per heavy atom. The van der Waals surface area contributed by atoms with Crippen LogP contribution in [0.5, 0.6) is 0 Å². The Hall–Kier alpha value is 0.150. The fourth-order valence-corrected chi connectivity index (χ4v) is 2.58. The van der Waals surface area contributed by atoms with Gasteiger partial charge in [0.2, 0.25) is 0 Å². The molecule has 0 radical (unpaired) electrons. The molecule has 84 valence electrons. The molecule has 1 heterocycles. The van der Waals surface area contributed by atoms with Crippen molar-refractivity contribution in [2.75, 3.05) is 19.5 Å². The molecule has 0 aliphatic carbocycles. The van der Waals surface area contributed by atoms with Crippen LogP contribution in [-0.4, -0.2) is 55.4 Å². The molecular weight excluding hydrogens is 202 g/mol. The lowest BCUT2D eigenvalue weighted by molar-refractivity contribution is 0.0150. The van der Waals surface area contributed by atoms with Gasteiger partial charge < -0.3 is 9.84 Å². The van der Waals surface area contributed by atoms with Crippen molar-refractivity contribution < 1.29 is 14.2 Å². The van der Waals surface area contributed by atoms with Gasteiger partial charge in [-0.1, -0.05) is 0 Å². The topological polar surface area (TPSA) is 29.5 Å². The Morgan fingerprint density at radius 3 is 2.43 bits per heavy atom. The fourth-order valence-electron chi connectivity index (χ4n) is 1.63. The second-order valence-electron chi connectivity index (χ2n) is 4.76. The smallest absolute Gasteiger partial charge is 0.154 e. The van der Waals surface area contributed by atoms with E-state index in [2.05, 4.69) is 19.6 Å². The number of aliphatic hydroxyl groups excluding tert-OH is 1. The first-order valence-corrected chi connectivity index (χ1v) is 8.01. The van der Waals surface area contributed by atoms with E-state index in [-0.39, 0.29) is 6.10 Å². The first kappa shape index (κ1) is 12.2. The van der Waals surface area contributed by atoms with E-state index in [4.69, 9.17) is 4.74 Å². The van der Waals surface area contributed by atoms with E-state index in [9.17, 15) is 9.50 Å². The van der Waals surface area contributed by atoms with Crippen molar-refractivity contribution in [2.45, 2.75) is 37.8 Å². The standard InChI is InChI=1S/C10H20FO2P/c1-7-9(11)10(12)8(13-7)5-6-14(2,3)4/h7-10,12H,2,5-6H2,1,3-4H3/t7-,8+,9-,10+/m0/s1. The molecule has 1 aliphatic rings. The highest BCUT2D eigenvalue weighted by Crippen LogP contribution is 2.38. The predicted octanol–water partition coefficient (Wildman–Crippen LogP) is 1.57. The maximum absolute atomic E-state index is 13.2. The van der Waals surface area contributed by atoms with Crippen molar-refractivity contribution in [3.8, 4) is 0 Å². The van der Waals surface area contributed by atoms with Crippen LogP contribution in [0.15, 0.2) is 0 Å². The molecule has 0 aromatic rings. The molecule has 1 N–H and O–H groups in total. The zero-order chi connectivity index (χ0) is 10.9. The zero-order valence-electron chi connectivity index (χ0n) is 9.11. The molecule has 0 aromatic heterocycles. The highest BCUT2D eigenvalue weighted by molar-refractivity contribution is 7.72. The summed E-state index contributed by atoms with van der Waals surface area (Å²) in [6, 6.07) is 0. The Labute approximate surface area is 85.4 Å². The monoisotopic (exact) mass is 222 g/mol. The third-order valence-electron chi connectivity index (χ3n) is 2.56. The third-order valence-corrected chi connectivity index (χ3v) is 4.03. The van der Waals surface area contributed by atoms with E-state index in [1.165, 1.54) is 0 Å². The minimum atomic E-state index is -1.23. The second-order valence-corrected chi connectivity index (χ2v) is 9.08. The van der Waals surface area contributed by atoms with Crippen molar-refractivity contribution >= 4 is 13.2 Å². The van der Waals surface area contributed by atoms with Gasteiger partial charge in [0.25, 0.3) is 0 Å². The molecule has 0 aromatic carbocycles. The Bertz CT molecular complexity index is 238. The number of hydrogen-bond acceptors (Lipinski definition) is 2. The van der Waals surface area contributed by atoms with Crippen molar-refractivity contribution in [1.29, 1.82) is 0 Å². The van der Waals surface area contributed by atoms with Crippen molar-refractivity contribution in [1.82, 2.24) is 0 Å². The van der Waals surface area contributed by atoms with Gasteiger partial charge in [0, 0.05) is 0 Å². The molecule has 0 spiro atoms. The molecule has 0 saturated carbocycles. The Kier molecular flexibility index (Phi) is 3.79. The normalized spacial score (nSPS) is 38.9. The van der Waals surface area contributed by atoms with Crippen LogP contribution in [0.1, 0.15) is 13.3 Å². The summed E-state index contributed by atoms with van der Waals surface area (Å²) in [6.07, 6.45) is 2.75. The van der Waals surface area contributed by atoms with Gasteiger partial charge in [-0.25, -0.2) is 4.39 Å². The molecule has 4 heteroatoms. The summed E-state index contributed by atoms with van der Waals surface area (Å²) in [5, 5.41) is 9.52. The van der Waals surface area contributed by atoms with Crippen molar-refractivity contribution in [3.63, 3.8) is 0 Å². The fraction of sp³-hybridized carbons (Fsp3) is 0.900. The molecule has 1 fully saturated rings. The van der Waals surface area contributed by atoms with Gasteiger partial charge in [0.1, 0.15) is 6.10 Å². The highest BCUT2D eigenvalue weighted by Gasteiger charge is 2.41. The Morgan fingerprint density at radius 2 is 2.07 bits per heavy atom. The van der Waals surface area contributed by atoms with Gasteiger partial charge in [0.05, 0.1) is 12.2 Å². The quantitative estimate of drug-likeness (QED) is 0.734. The van der Waals surface area contributed by atoms with Crippen molar-refractivity contribution in [3.05, 3.63) is 0 Å². The lowest BCUT2D eigenvalue weighted by Gasteiger charge is -2.18. The minimum absolute atomic E-state index is 0.332. The van der Waals surface area contributed by atoms with Gasteiger partial charge in [0.15, 0.2) is 6.17 Å². The maximum atomic E-state index is 13.2. The number of alkyl halides is 1. The molecule has 0 bridgehead atoms. The maximum Gasteiger partial charge on any atom is 0.154 e. The van der Waals surface area contributed by atoms with Gasteiger partial charge in [-0.15, -0.1) is 13.2 Å². The van der Waals surface area contributed by atoms with E-state index >= 15 is 0 Å². The van der Waals surface area contributed by atoms with Crippen LogP contribution in [-0.2, 0) is 4.74 Å². The summed E-state index contributed by atoms with van der Waals surface area (Å²) < 4.78 is 18.5. The number of rotatable bonds is 3. The van der Waals surface area contributed by atoms with E-state index < -0.39 is 25.3 Å². The van der Waals surface area contributed by atoms with Crippen LogP contribution >= 0.6 is 6.89 Å². The third kappa shape index (κ3) is 3.08. The van der Waals surface area contributed by atoms with E-state index in [0.29, 0.717) is 0 Å². The number of aliphatic hydroxyl groups is 1. The molecule has 0 amide bonds. The SMILES string of the molecule is C=P(C)(C)CC[C@H]1O[C@@H](C)[C@H](F)[C@@H]1O. The zero-order valence-corrected chi connectivity index (χ0v) is 10.0. The summed E-state index contributed by atoms with van der Waals surface area (Å²) in [5.74, 6) is 0. The first-order chi connectivity index (χ1) is 6.31. The van der Waals surface area contributed by atoms with Gasteiger partial charge in [-0.3, -0.25) is 0 Å². The summed E-state index contributed by atoms with van der Waals surface area (Å²) in [5.41, 5.74) is 0. The van der Waals surface area contributed by atoms with Gasteiger partial charge in [-0.05, 0) is 32.8 Å². The van der Waals surface area contributed by atoms with Gasteiger partial charge >= 0.3 is 0 Å². The van der Waals surface area contributed by atoms with Gasteiger partial charge in [-0.2, -0.15) is 0 Å². The average Bonchev–Trinajstić information content (AvgIpc) is 2.28. The highest BCUT2D eigenvalue weighted by atomic mass is 31.2. The molecule has 2 nitrogen and oxygen atoms in total. The molecule has 0 unspecified atom stereocenters. The molecule has 1 aliphatic heterocycles. The second kappa shape index (κ2) is 4.34. The van der Waals surface area contributed by atoms with Crippen LogP contribution in [0, 0.1) is 0 Å². The van der Waals surface area contributed by atoms with Crippen LogP contribution in [0.3, 0.4) is 0 Å². The number of ether oxygens (including phenoxy) is 1.